The Morgan fingerprint density at radius 3 is 2.77 bits per heavy atom. The van der Waals surface area contributed by atoms with Crippen LogP contribution in [0.15, 0.2) is 21.9 Å². The predicted molar refractivity (Wildman–Crippen MR) is 50.0 cm³/mol. The number of hydroxylamine groups is 2. The largest absolute Gasteiger partial charge is 0.414 e. The van der Waals surface area contributed by atoms with Crippen molar-refractivity contribution in [2.45, 2.75) is 6.18 Å². The van der Waals surface area contributed by atoms with Gasteiger partial charge in [0.25, 0.3) is 0 Å². The van der Waals surface area contributed by atoms with E-state index in [0.29, 0.717) is 6.54 Å². The molecule has 0 radical (unpaired) electrons. The van der Waals surface area contributed by atoms with Gasteiger partial charge in [-0.3, -0.25) is 9.90 Å². The molecule has 74 valence electrons. The summed E-state index contributed by atoms with van der Waals surface area (Å²) in [5, 5.41) is 1.16. The second kappa shape index (κ2) is 4.32. The molecule has 13 heavy (non-hydrogen) atoms. The molecule has 0 aromatic heterocycles. The van der Waals surface area contributed by atoms with E-state index in [4.69, 9.17) is 0 Å². The van der Waals surface area contributed by atoms with E-state index in [2.05, 4.69) is 4.84 Å². The Hall–Kier alpha value is -0.240. The minimum Gasteiger partial charge on any atom is -0.264 e. The molecule has 1 aliphatic rings. The summed E-state index contributed by atoms with van der Waals surface area (Å²) >= 11 is 2.00. The molecule has 0 atom stereocenters. The normalized spacial score (nSPS) is 17.5. The molecule has 0 N–H and O–H groups in total. The average molecular weight is 305 g/mol. The zero-order valence-corrected chi connectivity index (χ0v) is 8.67. The number of nitrogens with zero attached hydrogens (tertiary/aromatic N) is 1. The molecule has 0 fully saturated rings. The molecule has 1 rings (SSSR count). The molecule has 6 heteroatoms. The van der Waals surface area contributed by atoms with E-state index in [9.17, 15) is 13.2 Å². The van der Waals surface area contributed by atoms with Crippen LogP contribution in [0.4, 0.5) is 13.2 Å². The highest BCUT2D eigenvalue weighted by Crippen LogP contribution is 2.18. The van der Waals surface area contributed by atoms with Crippen LogP contribution in [0.5, 0.6) is 0 Å². The fraction of sp³-hybridized carbons (Fsp3) is 0.429. The van der Waals surface area contributed by atoms with E-state index in [0.717, 1.165) is 8.64 Å². The molecular formula is C7H7F3INO. The van der Waals surface area contributed by atoms with E-state index in [1.807, 2.05) is 28.7 Å². The first kappa shape index (κ1) is 10.8. The van der Waals surface area contributed by atoms with Crippen LogP contribution in [0.1, 0.15) is 0 Å². The van der Waals surface area contributed by atoms with Gasteiger partial charge in [-0.15, -0.1) is 0 Å². The highest BCUT2D eigenvalue weighted by molar-refractivity contribution is 14.1. The van der Waals surface area contributed by atoms with E-state index in [1.54, 1.807) is 6.08 Å². The lowest BCUT2D eigenvalue weighted by molar-refractivity contribution is -0.233. The van der Waals surface area contributed by atoms with E-state index in [-0.39, 0.29) is 0 Å². The summed E-state index contributed by atoms with van der Waals surface area (Å²) in [6, 6.07) is 0. The van der Waals surface area contributed by atoms with Crippen LogP contribution in [0, 0.1) is 0 Å². The summed E-state index contributed by atoms with van der Waals surface area (Å²) in [4.78, 5) is 4.49. The molecule has 0 unspecified atom stereocenters. The monoisotopic (exact) mass is 305 g/mol. The number of halogens is 4. The van der Waals surface area contributed by atoms with Crippen molar-refractivity contribution in [3.05, 3.63) is 21.9 Å². The van der Waals surface area contributed by atoms with Gasteiger partial charge in [0.15, 0.2) is 6.61 Å². The Bertz CT molecular complexity index is 236. The van der Waals surface area contributed by atoms with Crippen LogP contribution in [-0.2, 0) is 4.84 Å². The molecule has 0 spiro atoms. The van der Waals surface area contributed by atoms with Crippen molar-refractivity contribution in [3.63, 3.8) is 0 Å². The van der Waals surface area contributed by atoms with Gasteiger partial charge in [0, 0.05) is 9.78 Å². The van der Waals surface area contributed by atoms with Crippen molar-refractivity contribution in [1.29, 1.82) is 0 Å². The van der Waals surface area contributed by atoms with Gasteiger partial charge in [-0.25, -0.2) is 0 Å². The Morgan fingerprint density at radius 1 is 1.54 bits per heavy atom. The third-order valence-corrected chi connectivity index (χ3v) is 1.86. The molecule has 0 amide bonds. The average Bonchev–Trinajstić information content (AvgIpc) is 2.00. The third-order valence-electron chi connectivity index (χ3n) is 1.22. The van der Waals surface area contributed by atoms with E-state index in [1.165, 1.54) is 6.20 Å². The zero-order valence-electron chi connectivity index (χ0n) is 6.51. The second-order valence-corrected chi connectivity index (χ2v) is 3.65. The van der Waals surface area contributed by atoms with Crippen molar-refractivity contribution in [1.82, 2.24) is 5.06 Å². The smallest absolute Gasteiger partial charge is 0.264 e. The van der Waals surface area contributed by atoms with Crippen molar-refractivity contribution in [2.24, 2.45) is 0 Å². The van der Waals surface area contributed by atoms with Crippen LogP contribution in [-0.4, -0.2) is 24.4 Å². The van der Waals surface area contributed by atoms with Gasteiger partial charge in [-0.1, -0.05) is 6.08 Å². The molecule has 1 heterocycles. The number of hydrogen-bond donors (Lipinski definition) is 0. The van der Waals surface area contributed by atoms with Crippen molar-refractivity contribution in [3.8, 4) is 0 Å². The molecule has 0 aliphatic carbocycles. The molecule has 2 nitrogen and oxygen atoms in total. The molecule has 0 saturated heterocycles. The van der Waals surface area contributed by atoms with Crippen LogP contribution in [0.25, 0.3) is 0 Å². The predicted octanol–water partition coefficient (Wildman–Crippen LogP) is 2.63. The van der Waals surface area contributed by atoms with Crippen molar-refractivity contribution < 1.29 is 18.0 Å². The number of hydrogen-bond acceptors (Lipinski definition) is 2. The lowest BCUT2D eigenvalue weighted by Crippen LogP contribution is -2.27. The maximum atomic E-state index is 11.7. The van der Waals surface area contributed by atoms with Crippen molar-refractivity contribution >= 4 is 22.6 Å². The maximum absolute atomic E-state index is 11.7. The molecule has 0 aromatic carbocycles. The lowest BCUT2D eigenvalue weighted by Gasteiger charge is -2.21. The third kappa shape index (κ3) is 4.51. The minimum absolute atomic E-state index is 0.350. The molecule has 0 aromatic rings. The fourth-order valence-electron chi connectivity index (χ4n) is 0.749. The summed E-state index contributed by atoms with van der Waals surface area (Å²) < 4.78 is 36.0. The highest BCUT2D eigenvalue weighted by Gasteiger charge is 2.28. The Morgan fingerprint density at radius 2 is 2.23 bits per heavy atom. The van der Waals surface area contributed by atoms with Gasteiger partial charge in [0.1, 0.15) is 0 Å². The standard InChI is InChI=1S/C7H7F3INO/c8-7(9,10)5-13-12-3-1-2-6(11)4-12/h1-2,4H,3,5H2. The van der Waals surface area contributed by atoms with Crippen LogP contribution < -0.4 is 0 Å². The first-order valence-corrected chi connectivity index (χ1v) is 4.55. The minimum atomic E-state index is -4.28. The van der Waals surface area contributed by atoms with Gasteiger partial charge >= 0.3 is 6.18 Å². The topological polar surface area (TPSA) is 12.5 Å². The van der Waals surface area contributed by atoms with E-state index >= 15 is 0 Å². The van der Waals surface area contributed by atoms with Gasteiger partial charge in [0.05, 0.1) is 6.54 Å². The number of alkyl halides is 3. The molecule has 0 saturated carbocycles. The van der Waals surface area contributed by atoms with Crippen LogP contribution in [0.3, 0.4) is 0 Å². The van der Waals surface area contributed by atoms with Crippen LogP contribution >= 0.6 is 22.6 Å². The first-order valence-electron chi connectivity index (χ1n) is 3.47. The number of rotatable bonds is 2. The Kier molecular flexibility index (Phi) is 3.60. The van der Waals surface area contributed by atoms with E-state index < -0.39 is 12.8 Å². The highest BCUT2D eigenvalue weighted by atomic mass is 127. The summed E-state index contributed by atoms with van der Waals surface area (Å²) in [7, 11) is 0. The summed E-state index contributed by atoms with van der Waals surface area (Å²) in [5.74, 6) is 0. The Labute approximate surface area is 87.1 Å². The summed E-state index contributed by atoms with van der Waals surface area (Å²) in [6.07, 6.45) is 0.791. The first-order chi connectivity index (χ1) is 5.97. The van der Waals surface area contributed by atoms with Crippen molar-refractivity contribution in [2.75, 3.05) is 13.2 Å². The second-order valence-electron chi connectivity index (χ2n) is 2.40. The van der Waals surface area contributed by atoms with Gasteiger partial charge in [0.2, 0.25) is 0 Å². The SMILES string of the molecule is FC(F)(F)CON1C=C(I)C=CC1. The van der Waals surface area contributed by atoms with Gasteiger partial charge in [-0.05, 0) is 28.7 Å². The summed E-state index contributed by atoms with van der Waals surface area (Å²) in [6.45, 7) is -0.899. The molecular weight excluding hydrogens is 298 g/mol. The fourth-order valence-corrected chi connectivity index (χ4v) is 1.31. The van der Waals surface area contributed by atoms with Gasteiger partial charge < -0.3 is 0 Å². The quantitative estimate of drug-likeness (QED) is 0.727. The summed E-state index contributed by atoms with van der Waals surface area (Å²) in [5.41, 5.74) is 0. The number of allylic oxidation sites excluding steroid dienone is 2. The maximum Gasteiger partial charge on any atom is 0.414 e. The molecule has 1 aliphatic heterocycles. The Balaban J connectivity index is 2.35. The van der Waals surface area contributed by atoms with Crippen LogP contribution in [0.2, 0.25) is 0 Å². The lowest BCUT2D eigenvalue weighted by atomic mass is 10.4. The molecule has 0 bridgehead atoms. The van der Waals surface area contributed by atoms with Gasteiger partial charge in [-0.2, -0.15) is 13.2 Å². The zero-order chi connectivity index (χ0) is 9.90.